The average molecular weight is 249 g/mol. The molecule has 18 heavy (non-hydrogen) atoms. The van der Waals surface area contributed by atoms with Crippen LogP contribution in [-0.4, -0.2) is 15.1 Å². The van der Waals surface area contributed by atoms with Crippen LogP contribution in [0.25, 0.3) is 0 Å². The third-order valence-corrected chi connectivity index (χ3v) is 4.08. The molecule has 1 heterocycles. The number of hydrogen-bond acceptors (Lipinski definition) is 2. The van der Waals surface area contributed by atoms with Crippen molar-refractivity contribution < 1.29 is 0 Å². The van der Waals surface area contributed by atoms with Gasteiger partial charge in [0.2, 0.25) is 0 Å². The topological polar surface area (TPSA) is 29.9 Å². The van der Waals surface area contributed by atoms with Crippen LogP contribution >= 0.6 is 0 Å². The minimum atomic E-state index is 0.153. The van der Waals surface area contributed by atoms with Gasteiger partial charge in [-0.15, -0.1) is 0 Å². The Morgan fingerprint density at radius 1 is 1.44 bits per heavy atom. The van der Waals surface area contributed by atoms with Gasteiger partial charge in [0.15, 0.2) is 0 Å². The predicted octanol–water partition coefficient (Wildman–Crippen LogP) is 3.52. The molecule has 0 radical (unpaired) electrons. The van der Waals surface area contributed by atoms with Gasteiger partial charge in [0.05, 0.1) is 12.0 Å². The third-order valence-electron chi connectivity index (χ3n) is 4.08. The fourth-order valence-electron chi connectivity index (χ4n) is 2.93. The van der Waals surface area contributed by atoms with Crippen molar-refractivity contribution in [2.75, 3.05) is 0 Å². The van der Waals surface area contributed by atoms with Crippen LogP contribution in [0.1, 0.15) is 65.6 Å². The summed E-state index contributed by atoms with van der Waals surface area (Å²) in [5, 5.41) is 3.55. The minimum Gasteiger partial charge on any atom is -0.330 e. The van der Waals surface area contributed by atoms with Crippen LogP contribution in [0.5, 0.6) is 0 Å². The fourth-order valence-corrected chi connectivity index (χ4v) is 2.93. The molecule has 1 aliphatic rings. The van der Waals surface area contributed by atoms with E-state index in [-0.39, 0.29) is 5.54 Å². The summed E-state index contributed by atoms with van der Waals surface area (Å²) in [5.41, 5.74) is 1.86. The Labute approximate surface area is 111 Å². The van der Waals surface area contributed by atoms with Crippen molar-refractivity contribution in [2.45, 2.75) is 72.0 Å². The maximum Gasteiger partial charge on any atom is 0.0951 e. The van der Waals surface area contributed by atoms with Crippen LogP contribution in [0.4, 0.5) is 0 Å². The molecule has 102 valence electrons. The molecule has 1 unspecified atom stereocenters. The predicted molar refractivity (Wildman–Crippen MR) is 75.5 cm³/mol. The van der Waals surface area contributed by atoms with E-state index in [1.54, 1.807) is 0 Å². The Morgan fingerprint density at radius 3 is 2.72 bits per heavy atom. The van der Waals surface area contributed by atoms with Gasteiger partial charge in [0, 0.05) is 24.3 Å². The summed E-state index contributed by atoms with van der Waals surface area (Å²) < 4.78 is 2.39. The Balaban J connectivity index is 2.13. The van der Waals surface area contributed by atoms with Gasteiger partial charge < -0.3 is 9.88 Å². The first kappa shape index (κ1) is 13.6. The Kier molecular flexibility index (Phi) is 3.54. The Bertz CT molecular complexity index is 398. The molecule has 0 aromatic carbocycles. The van der Waals surface area contributed by atoms with E-state index in [1.165, 1.54) is 25.0 Å². The van der Waals surface area contributed by atoms with Crippen LogP contribution in [-0.2, 0) is 6.54 Å². The Morgan fingerprint density at radius 2 is 2.17 bits per heavy atom. The first-order chi connectivity index (χ1) is 8.30. The highest BCUT2D eigenvalue weighted by Gasteiger charge is 2.36. The van der Waals surface area contributed by atoms with Gasteiger partial charge in [0.1, 0.15) is 0 Å². The largest absolute Gasteiger partial charge is 0.330 e. The van der Waals surface area contributed by atoms with Gasteiger partial charge in [-0.25, -0.2) is 4.98 Å². The number of aromatic nitrogens is 2. The summed E-state index contributed by atoms with van der Waals surface area (Å²) >= 11 is 0. The summed E-state index contributed by atoms with van der Waals surface area (Å²) in [5.74, 6) is 0. The van der Waals surface area contributed by atoms with Crippen molar-refractivity contribution in [1.82, 2.24) is 14.9 Å². The second-order valence-electron chi connectivity index (χ2n) is 7.29. The lowest BCUT2D eigenvalue weighted by atomic mass is 9.87. The summed E-state index contributed by atoms with van der Waals surface area (Å²) in [6.07, 6.45) is 7.96. The Hall–Kier alpha value is -0.830. The van der Waals surface area contributed by atoms with Gasteiger partial charge in [0.25, 0.3) is 0 Å². The molecule has 1 atom stereocenters. The summed E-state index contributed by atoms with van der Waals surface area (Å²) in [4.78, 5) is 4.36. The van der Waals surface area contributed by atoms with Crippen LogP contribution in [0.3, 0.4) is 0 Å². The van der Waals surface area contributed by atoms with E-state index in [9.17, 15) is 0 Å². The zero-order valence-corrected chi connectivity index (χ0v) is 12.5. The zero-order chi connectivity index (χ0) is 13.4. The van der Waals surface area contributed by atoms with E-state index in [0.29, 0.717) is 11.5 Å². The van der Waals surface area contributed by atoms with Crippen LogP contribution in [0.15, 0.2) is 12.5 Å². The van der Waals surface area contributed by atoms with Gasteiger partial charge in [-0.2, -0.15) is 0 Å². The first-order valence-corrected chi connectivity index (χ1v) is 7.05. The second-order valence-corrected chi connectivity index (χ2v) is 7.29. The molecule has 1 saturated carbocycles. The third kappa shape index (κ3) is 2.94. The standard InChI is InChI=1S/C15H27N3/c1-14(2,3)17-10-12-9-16-11-18(12)13-7-6-8-15(13,4)5/h9,11,13,17H,6-8,10H2,1-5H3. The van der Waals surface area contributed by atoms with E-state index < -0.39 is 0 Å². The smallest absolute Gasteiger partial charge is 0.0951 e. The maximum atomic E-state index is 4.36. The number of nitrogens with zero attached hydrogens (tertiary/aromatic N) is 2. The summed E-state index contributed by atoms with van der Waals surface area (Å²) in [7, 11) is 0. The monoisotopic (exact) mass is 249 g/mol. The SMILES string of the molecule is CC(C)(C)NCc1cncn1C1CCCC1(C)C. The molecule has 0 spiro atoms. The van der Waals surface area contributed by atoms with Crippen molar-refractivity contribution >= 4 is 0 Å². The van der Waals surface area contributed by atoms with Gasteiger partial charge >= 0.3 is 0 Å². The fraction of sp³-hybridized carbons (Fsp3) is 0.800. The molecule has 2 rings (SSSR count). The van der Waals surface area contributed by atoms with Crippen molar-refractivity contribution in [1.29, 1.82) is 0 Å². The number of nitrogens with one attached hydrogen (secondary N) is 1. The number of imidazole rings is 1. The molecule has 0 amide bonds. The van der Waals surface area contributed by atoms with Crippen molar-refractivity contribution in [3.63, 3.8) is 0 Å². The molecule has 1 fully saturated rings. The lowest BCUT2D eigenvalue weighted by Crippen LogP contribution is -2.36. The molecule has 0 aliphatic heterocycles. The zero-order valence-electron chi connectivity index (χ0n) is 12.5. The molecule has 0 saturated heterocycles. The van der Waals surface area contributed by atoms with Crippen molar-refractivity contribution in [3.8, 4) is 0 Å². The van der Waals surface area contributed by atoms with Crippen LogP contribution in [0.2, 0.25) is 0 Å². The van der Waals surface area contributed by atoms with E-state index in [2.05, 4.69) is 49.5 Å². The molecule has 1 aliphatic carbocycles. The first-order valence-electron chi connectivity index (χ1n) is 7.05. The molecule has 1 aromatic heterocycles. The molecule has 3 heteroatoms. The van der Waals surface area contributed by atoms with E-state index in [4.69, 9.17) is 0 Å². The highest BCUT2D eigenvalue weighted by Crippen LogP contribution is 2.46. The molecule has 0 bridgehead atoms. The van der Waals surface area contributed by atoms with Crippen molar-refractivity contribution in [2.24, 2.45) is 5.41 Å². The lowest BCUT2D eigenvalue weighted by Gasteiger charge is -2.30. The quantitative estimate of drug-likeness (QED) is 0.888. The highest BCUT2D eigenvalue weighted by molar-refractivity contribution is 5.04. The summed E-state index contributed by atoms with van der Waals surface area (Å²) in [6.45, 7) is 12.3. The van der Waals surface area contributed by atoms with Crippen molar-refractivity contribution in [3.05, 3.63) is 18.2 Å². The van der Waals surface area contributed by atoms with E-state index in [1.807, 2.05) is 12.5 Å². The molecule has 1 aromatic rings. The number of hydrogen-bond donors (Lipinski definition) is 1. The normalized spacial score (nSPS) is 23.5. The number of rotatable bonds is 3. The van der Waals surface area contributed by atoms with E-state index >= 15 is 0 Å². The second kappa shape index (κ2) is 4.69. The molecular formula is C15H27N3. The highest BCUT2D eigenvalue weighted by atomic mass is 15.1. The molecule has 1 N–H and O–H groups in total. The molecular weight excluding hydrogens is 222 g/mol. The minimum absolute atomic E-state index is 0.153. The van der Waals surface area contributed by atoms with Crippen LogP contribution in [0, 0.1) is 5.41 Å². The van der Waals surface area contributed by atoms with Gasteiger partial charge in [-0.05, 0) is 39.0 Å². The van der Waals surface area contributed by atoms with Gasteiger partial charge in [-0.1, -0.05) is 20.3 Å². The van der Waals surface area contributed by atoms with Gasteiger partial charge in [-0.3, -0.25) is 0 Å². The van der Waals surface area contributed by atoms with E-state index in [0.717, 1.165) is 6.54 Å². The van der Waals surface area contributed by atoms with Crippen LogP contribution < -0.4 is 5.32 Å². The average Bonchev–Trinajstić information content (AvgIpc) is 2.79. The summed E-state index contributed by atoms with van der Waals surface area (Å²) in [6, 6.07) is 0.608. The molecule has 3 nitrogen and oxygen atoms in total. The maximum absolute atomic E-state index is 4.36. The lowest BCUT2D eigenvalue weighted by molar-refractivity contribution is 0.254.